The maximum absolute atomic E-state index is 10.9. The number of para-hydroxylation sites is 1. The number of aliphatic hydroxyl groups excluding tert-OH is 1. The Labute approximate surface area is 248 Å². The van der Waals surface area contributed by atoms with Crippen LogP contribution in [0.4, 0.5) is 0 Å². The van der Waals surface area contributed by atoms with E-state index >= 15 is 0 Å². The van der Waals surface area contributed by atoms with Crippen LogP contribution >= 0.6 is 0 Å². The van der Waals surface area contributed by atoms with Gasteiger partial charge in [-0.2, -0.15) is 0 Å². The molecule has 0 aliphatic heterocycles. The summed E-state index contributed by atoms with van der Waals surface area (Å²) < 4.78 is 11.4. The summed E-state index contributed by atoms with van der Waals surface area (Å²) >= 11 is 0. The first-order chi connectivity index (χ1) is 20.2. The van der Waals surface area contributed by atoms with Gasteiger partial charge in [0.2, 0.25) is 0 Å². The van der Waals surface area contributed by atoms with Crippen LogP contribution in [0.15, 0.2) is 103 Å². The van der Waals surface area contributed by atoms with Gasteiger partial charge in [-0.3, -0.25) is 0 Å². The number of carboxylic acids is 1. The van der Waals surface area contributed by atoms with Gasteiger partial charge in [0, 0.05) is 16.7 Å². The fourth-order valence-corrected chi connectivity index (χ4v) is 4.34. The molecule has 0 heterocycles. The molecular formula is C37H36O5. The fraction of sp³-hybridized carbons (Fsp3) is 0.216. The molecule has 42 heavy (non-hydrogen) atoms. The van der Waals surface area contributed by atoms with Crippen LogP contribution in [0.2, 0.25) is 0 Å². The number of aliphatic hydroxyl groups is 1. The molecule has 214 valence electrons. The zero-order valence-electron chi connectivity index (χ0n) is 24.3. The van der Waals surface area contributed by atoms with Crippen molar-refractivity contribution in [3.8, 4) is 17.6 Å². The fourth-order valence-electron chi connectivity index (χ4n) is 4.34. The third kappa shape index (κ3) is 8.68. The Kier molecular flexibility index (Phi) is 10.3. The lowest BCUT2D eigenvalue weighted by Crippen LogP contribution is -2.11. The van der Waals surface area contributed by atoms with Crippen LogP contribution in [-0.2, 0) is 28.2 Å². The van der Waals surface area contributed by atoms with Crippen molar-refractivity contribution in [2.24, 2.45) is 0 Å². The molecule has 5 nitrogen and oxygen atoms in total. The number of ether oxygens (including phenoxy) is 2. The Balaban J connectivity index is 1.54. The Morgan fingerprint density at radius 2 is 1.38 bits per heavy atom. The molecular weight excluding hydrogens is 524 g/mol. The minimum Gasteiger partial charge on any atom is -0.482 e. The molecule has 0 unspecified atom stereocenters. The topological polar surface area (TPSA) is 76.0 Å². The molecule has 4 aromatic rings. The van der Waals surface area contributed by atoms with Crippen LogP contribution in [0.5, 0.6) is 5.75 Å². The second kappa shape index (κ2) is 14.3. The number of aliphatic carboxylic acids is 1. The standard InChI is InChI=1S/C37H36O5/c1-37(2,3)33-20-18-31(19-21-33)34(22-23-41-25-32-6-4-5-7-35(32)42-26-36(39)40)30-16-14-28(15-17-30)9-8-27-10-12-29(24-38)13-11-27/h4-7,10-22,38H,23-26H2,1-3H3,(H,39,40). The molecule has 0 fully saturated rings. The normalized spacial score (nSPS) is 11.5. The summed E-state index contributed by atoms with van der Waals surface area (Å²) in [5, 5.41) is 18.2. The summed E-state index contributed by atoms with van der Waals surface area (Å²) in [6.45, 7) is 6.86. The number of hydrogen-bond acceptors (Lipinski definition) is 4. The summed E-state index contributed by atoms with van der Waals surface area (Å²) in [4.78, 5) is 10.9. The van der Waals surface area contributed by atoms with E-state index in [9.17, 15) is 9.90 Å². The van der Waals surface area contributed by atoms with Gasteiger partial charge in [-0.05, 0) is 63.6 Å². The lowest BCUT2D eigenvalue weighted by molar-refractivity contribution is -0.139. The summed E-state index contributed by atoms with van der Waals surface area (Å²) in [6.07, 6.45) is 2.07. The van der Waals surface area contributed by atoms with Crippen LogP contribution in [0.1, 0.15) is 59.7 Å². The van der Waals surface area contributed by atoms with Crippen molar-refractivity contribution in [3.63, 3.8) is 0 Å². The largest absolute Gasteiger partial charge is 0.482 e. The predicted molar refractivity (Wildman–Crippen MR) is 166 cm³/mol. The van der Waals surface area contributed by atoms with Crippen LogP contribution in [0, 0.1) is 11.8 Å². The molecule has 0 bridgehead atoms. The highest BCUT2D eigenvalue weighted by molar-refractivity contribution is 5.80. The van der Waals surface area contributed by atoms with Gasteiger partial charge < -0.3 is 19.7 Å². The number of carbonyl (C=O) groups is 1. The highest BCUT2D eigenvalue weighted by Gasteiger charge is 2.14. The molecule has 0 saturated carbocycles. The van der Waals surface area contributed by atoms with Crippen molar-refractivity contribution < 1.29 is 24.5 Å². The van der Waals surface area contributed by atoms with Gasteiger partial charge in [-0.25, -0.2) is 4.79 Å². The zero-order valence-corrected chi connectivity index (χ0v) is 24.3. The zero-order chi connectivity index (χ0) is 30.0. The molecule has 2 N–H and O–H groups in total. The van der Waals surface area contributed by atoms with Gasteiger partial charge in [0.1, 0.15) is 5.75 Å². The summed E-state index contributed by atoms with van der Waals surface area (Å²) in [5.41, 5.74) is 7.94. The Hall–Kier alpha value is -4.63. The summed E-state index contributed by atoms with van der Waals surface area (Å²) in [5.74, 6) is 5.88. The van der Waals surface area contributed by atoms with E-state index < -0.39 is 12.6 Å². The molecule has 0 aliphatic rings. The minimum absolute atomic E-state index is 0.0174. The Morgan fingerprint density at radius 1 is 0.810 bits per heavy atom. The second-order valence-corrected chi connectivity index (χ2v) is 10.9. The van der Waals surface area contributed by atoms with Crippen molar-refractivity contribution in [1.29, 1.82) is 0 Å². The molecule has 4 rings (SSSR count). The Bertz CT molecular complexity index is 1560. The van der Waals surface area contributed by atoms with Crippen LogP contribution in [0.25, 0.3) is 5.57 Å². The van der Waals surface area contributed by atoms with Gasteiger partial charge >= 0.3 is 5.97 Å². The van der Waals surface area contributed by atoms with E-state index in [0.717, 1.165) is 39.0 Å². The summed E-state index contributed by atoms with van der Waals surface area (Å²) in [7, 11) is 0. The van der Waals surface area contributed by atoms with Crippen molar-refractivity contribution in [3.05, 3.63) is 142 Å². The average Bonchev–Trinajstić information content (AvgIpc) is 3.00. The quantitative estimate of drug-likeness (QED) is 0.162. The minimum atomic E-state index is -1.02. The molecule has 0 spiro atoms. The van der Waals surface area contributed by atoms with E-state index in [-0.39, 0.29) is 18.6 Å². The van der Waals surface area contributed by atoms with Crippen molar-refractivity contribution >= 4 is 11.5 Å². The van der Waals surface area contributed by atoms with E-state index in [4.69, 9.17) is 14.6 Å². The first-order valence-corrected chi connectivity index (χ1v) is 13.9. The van der Waals surface area contributed by atoms with E-state index in [1.165, 1.54) is 5.56 Å². The van der Waals surface area contributed by atoms with Crippen molar-refractivity contribution in [1.82, 2.24) is 0 Å². The number of hydrogen-bond donors (Lipinski definition) is 2. The van der Waals surface area contributed by atoms with E-state index in [0.29, 0.717) is 12.4 Å². The maximum atomic E-state index is 10.9. The molecule has 5 heteroatoms. The molecule has 0 aliphatic carbocycles. The van der Waals surface area contributed by atoms with Crippen LogP contribution in [0.3, 0.4) is 0 Å². The van der Waals surface area contributed by atoms with Crippen molar-refractivity contribution in [2.75, 3.05) is 13.2 Å². The van der Waals surface area contributed by atoms with Crippen LogP contribution in [-0.4, -0.2) is 29.4 Å². The predicted octanol–water partition coefficient (Wildman–Crippen LogP) is 6.99. The number of rotatable bonds is 10. The number of carboxylic acid groups (broad SMARTS) is 1. The monoisotopic (exact) mass is 560 g/mol. The third-order valence-electron chi connectivity index (χ3n) is 6.73. The highest BCUT2D eigenvalue weighted by atomic mass is 16.5. The molecule has 4 aromatic carbocycles. The van der Waals surface area contributed by atoms with E-state index in [1.807, 2.05) is 48.5 Å². The van der Waals surface area contributed by atoms with Gasteiger partial charge in [-0.1, -0.05) is 105 Å². The van der Waals surface area contributed by atoms with E-state index in [1.54, 1.807) is 12.1 Å². The maximum Gasteiger partial charge on any atom is 0.341 e. The smallest absolute Gasteiger partial charge is 0.341 e. The first-order valence-electron chi connectivity index (χ1n) is 13.9. The first kappa shape index (κ1) is 30.3. The molecule has 0 aromatic heterocycles. The van der Waals surface area contributed by atoms with E-state index in [2.05, 4.69) is 75.1 Å². The summed E-state index contributed by atoms with van der Waals surface area (Å²) in [6, 6.07) is 31.6. The van der Waals surface area contributed by atoms with Gasteiger partial charge in [0.25, 0.3) is 0 Å². The average molecular weight is 561 g/mol. The molecule has 0 amide bonds. The van der Waals surface area contributed by atoms with Gasteiger partial charge in [0.05, 0.1) is 19.8 Å². The lowest BCUT2D eigenvalue weighted by atomic mass is 9.85. The third-order valence-corrected chi connectivity index (χ3v) is 6.73. The SMILES string of the molecule is CC(C)(C)c1ccc(C(=CCOCc2ccccc2OCC(=O)O)c2ccc(C#Cc3ccc(CO)cc3)cc2)cc1. The van der Waals surface area contributed by atoms with Gasteiger partial charge in [0.15, 0.2) is 6.61 Å². The van der Waals surface area contributed by atoms with Crippen molar-refractivity contribution in [2.45, 2.75) is 39.4 Å². The molecule has 0 radical (unpaired) electrons. The number of benzene rings is 4. The lowest BCUT2D eigenvalue weighted by Gasteiger charge is -2.19. The molecule has 0 atom stereocenters. The Morgan fingerprint density at radius 3 is 1.95 bits per heavy atom. The highest BCUT2D eigenvalue weighted by Crippen LogP contribution is 2.28. The van der Waals surface area contributed by atoms with Crippen LogP contribution < -0.4 is 4.74 Å². The molecule has 0 saturated heterocycles. The second-order valence-electron chi connectivity index (χ2n) is 10.9. The van der Waals surface area contributed by atoms with Gasteiger partial charge in [-0.15, -0.1) is 0 Å².